The Balaban J connectivity index is 1.80. The van der Waals surface area contributed by atoms with Crippen molar-refractivity contribution in [1.82, 2.24) is 15.0 Å². The first kappa shape index (κ1) is 18.2. The van der Waals surface area contributed by atoms with Crippen molar-refractivity contribution in [3.05, 3.63) is 17.7 Å². The summed E-state index contributed by atoms with van der Waals surface area (Å²) in [4.78, 5) is 13.4. The molecule has 2 aliphatic carbocycles. The number of rotatable bonds is 6. The van der Waals surface area contributed by atoms with E-state index in [4.69, 9.17) is 0 Å². The maximum Gasteiger partial charge on any atom is 0.252 e. The molecule has 1 unspecified atom stereocenters. The first-order valence-electron chi connectivity index (χ1n) is 9.09. The highest BCUT2D eigenvalue weighted by Crippen LogP contribution is 2.38. The lowest BCUT2D eigenvalue weighted by molar-refractivity contribution is -0.0794. The van der Waals surface area contributed by atoms with Crippen LogP contribution in [0.4, 0.5) is 14.7 Å². The molecule has 2 aliphatic rings. The van der Waals surface area contributed by atoms with E-state index in [9.17, 15) is 13.9 Å². The standard InChI is InChI=1S/C18H26F2N4O/c1-11(2)6-7-15-22-16(12-4-3-5-14(25)8-12)24-17(23-15)21-13-9-18(19,20)10-13/h8,11,13-14,25H,3-7,9-10H2,1-2H3,(H,21,22,23,24). The Morgan fingerprint density at radius 2 is 2.04 bits per heavy atom. The fourth-order valence-electron chi connectivity index (χ4n) is 3.19. The molecule has 2 N–H and O–H groups in total. The van der Waals surface area contributed by atoms with Gasteiger partial charge in [0.1, 0.15) is 5.82 Å². The molecule has 0 aromatic carbocycles. The molecule has 1 fully saturated rings. The second-order valence-electron chi connectivity index (χ2n) is 7.59. The van der Waals surface area contributed by atoms with Crippen LogP contribution < -0.4 is 5.32 Å². The SMILES string of the molecule is CC(C)CCc1nc(NC2CC(F)(F)C2)nc(C2=CC(O)CCC2)n1. The van der Waals surface area contributed by atoms with Gasteiger partial charge in [0.25, 0.3) is 5.92 Å². The Bertz CT molecular complexity index is 640. The molecule has 1 aromatic heterocycles. The predicted octanol–water partition coefficient (Wildman–Crippen LogP) is 3.60. The third-order valence-corrected chi connectivity index (χ3v) is 4.68. The number of hydrogen-bond acceptors (Lipinski definition) is 5. The van der Waals surface area contributed by atoms with E-state index >= 15 is 0 Å². The van der Waals surface area contributed by atoms with Crippen molar-refractivity contribution in [3.63, 3.8) is 0 Å². The number of aliphatic hydroxyl groups is 1. The number of hydrogen-bond donors (Lipinski definition) is 2. The highest BCUT2D eigenvalue weighted by molar-refractivity contribution is 5.62. The molecule has 1 aromatic rings. The number of aliphatic hydroxyl groups excluding tert-OH is 1. The molecule has 0 saturated heterocycles. The molecule has 0 spiro atoms. The zero-order chi connectivity index (χ0) is 18.0. The van der Waals surface area contributed by atoms with Crippen LogP contribution >= 0.6 is 0 Å². The minimum atomic E-state index is -2.58. The summed E-state index contributed by atoms with van der Waals surface area (Å²) < 4.78 is 26.1. The van der Waals surface area contributed by atoms with E-state index < -0.39 is 12.0 Å². The van der Waals surface area contributed by atoms with E-state index in [1.54, 1.807) is 6.08 Å². The van der Waals surface area contributed by atoms with E-state index in [1.165, 1.54) is 0 Å². The third-order valence-electron chi connectivity index (χ3n) is 4.68. The Labute approximate surface area is 147 Å². The van der Waals surface area contributed by atoms with Crippen LogP contribution in [-0.4, -0.2) is 38.1 Å². The second-order valence-corrected chi connectivity index (χ2v) is 7.59. The predicted molar refractivity (Wildman–Crippen MR) is 92.4 cm³/mol. The van der Waals surface area contributed by atoms with Crippen molar-refractivity contribution in [2.75, 3.05) is 5.32 Å². The van der Waals surface area contributed by atoms with E-state index in [-0.39, 0.29) is 18.9 Å². The minimum absolute atomic E-state index is 0.184. The number of halogens is 2. The summed E-state index contributed by atoms with van der Waals surface area (Å²) in [7, 11) is 0. The van der Waals surface area contributed by atoms with Crippen LogP contribution in [-0.2, 0) is 6.42 Å². The fourth-order valence-corrected chi connectivity index (χ4v) is 3.19. The molecule has 3 rings (SSSR count). The lowest BCUT2D eigenvalue weighted by atomic mass is 9.88. The summed E-state index contributed by atoms with van der Waals surface area (Å²) in [6.45, 7) is 4.27. The normalized spacial score (nSPS) is 23.3. The number of nitrogens with one attached hydrogen (secondary N) is 1. The number of aryl methyl sites for hydroxylation is 1. The third kappa shape index (κ3) is 4.93. The largest absolute Gasteiger partial charge is 0.389 e. The lowest BCUT2D eigenvalue weighted by Gasteiger charge is -2.35. The van der Waals surface area contributed by atoms with Gasteiger partial charge in [0, 0.05) is 25.3 Å². The second kappa shape index (κ2) is 7.32. The van der Waals surface area contributed by atoms with Crippen molar-refractivity contribution in [2.24, 2.45) is 5.92 Å². The van der Waals surface area contributed by atoms with Crippen molar-refractivity contribution < 1.29 is 13.9 Å². The Kier molecular flexibility index (Phi) is 5.32. The minimum Gasteiger partial charge on any atom is -0.389 e. The first-order chi connectivity index (χ1) is 11.8. The van der Waals surface area contributed by atoms with Gasteiger partial charge in [0.2, 0.25) is 5.95 Å². The molecule has 5 nitrogen and oxygen atoms in total. The Morgan fingerprint density at radius 3 is 2.68 bits per heavy atom. The van der Waals surface area contributed by atoms with Gasteiger partial charge in [0.15, 0.2) is 5.82 Å². The first-order valence-corrected chi connectivity index (χ1v) is 9.09. The van der Waals surface area contributed by atoms with E-state index in [1.807, 2.05) is 0 Å². The maximum atomic E-state index is 13.1. The molecule has 1 atom stereocenters. The van der Waals surface area contributed by atoms with Crippen LogP contribution in [0.2, 0.25) is 0 Å². The van der Waals surface area contributed by atoms with Crippen LogP contribution in [0.1, 0.15) is 64.0 Å². The average Bonchev–Trinajstić information content (AvgIpc) is 2.51. The van der Waals surface area contributed by atoms with Gasteiger partial charge in [-0.25, -0.2) is 13.8 Å². The Morgan fingerprint density at radius 1 is 1.28 bits per heavy atom. The lowest BCUT2D eigenvalue weighted by Crippen LogP contribution is -2.44. The van der Waals surface area contributed by atoms with Gasteiger partial charge in [-0.3, -0.25) is 0 Å². The molecule has 0 bridgehead atoms. The monoisotopic (exact) mass is 352 g/mol. The van der Waals surface area contributed by atoms with E-state index in [0.717, 1.165) is 37.7 Å². The molecule has 25 heavy (non-hydrogen) atoms. The molecule has 7 heteroatoms. The molecule has 0 amide bonds. The van der Waals surface area contributed by atoms with Crippen molar-refractivity contribution in [3.8, 4) is 0 Å². The summed E-state index contributed by atoms with van der Waals surface area (Å²) in [5.74, 6) is -0.457. The molecule has 138 valence electrons. The number of aromatic nitrogens is 3. The van der Waals surface area contributed by atoms with Gasteiger partial charge in [-0.1, -0.05) is 13.8 Å². The van der Waals surface area contributed by atoms with E-state index in [2.05, 4.69) is 34.1 Å². The molecule has 1 heterocycles. The quantitative estimate of drug-likeness (QED) is 0.818. The van der Waals surface area contributed by atoms with Crippen LogP contribution in [0.15, 0.2) is 6.08 Å². The number of alkyl halides is 2. The summed E-state index contributed by atoms with van der Waals surface area (Å²) in [6, 6.07) is -0.297. The van der Waals surface area contributed by atoms with Gasteiger partial charge < -0.3 is 10.4 Å². The average molecular weight is 352 g/mol. The Hall–Kier alpha value is -1.63. The van der Waals surface area contributed by atoms with Crippen molar-refractivity contribution in [1.29, 1.82) is 0 Å². The zero-order valence-electron chi connectivity index (χ0n) is 14.8. The number of allylic oxidation sites excluding steroid dienone is 1. The number of anilines is 1. The molecule has 0 aliphatic heterocycles. The summed E-state index contributed by atoms with van der Waals surface area (Å²) in [5, 5.41) is 12.9. The molecular formula is C18H26F2N4O. The van der Waals surface area contributed by atoms with Crippen LogP contribution in [0, 0.1) is 5.92 Å². The topological polar surface area (TPSA) is 70.9 Å². The van der Waals surface area contributed by atoms with E-state index in [0.29, 0.717) is 23.5 Å². The van der Waals surface area contributed by atoms with Crippen molar-refractivity contribution in [2.45, 2.75) is 76.9 Å². The van der Waals surface area contributed by atoms with Crippen molar-refractivity contribution >= 4 is 11.5 Å². The summed E-state index contributed by atoms with van der Waals surface area (Å²) in [6.07, 6.45) is 5.08. The van der Waals surface area contributed by atoms with Crippen LogP contribution in [0.5, 0.6) is 0 Å². The van der Waals surface area contributed by atoms with Gasteiger partial charge in [-0.05, 0) is 43.3 Å². The van der Waals surface area contributed by atoms with Gasteiger partial charge in [0.05, 0.1) is 6.10 Å². The smallest absolute Gasteiger partial charge is 0.252 e. The number of nitrogens with zero attached hydrogens (tertiary/aromatic N) is 3. The fraction of sp³-hybridized carbons (Fsp3) is 0.722. The van der Waals surface area contributed by atoms with Gasteiger partial charge >= 0.3 is 0 Å². The molecule has 0 radical (unpaired) electrons. The molecular weight excluding hydrogens is 326 g/mol. The highest BCUT2D eigenvalue weighted by Gasteiger charge is 2.45. The maximum absolute atomic E-state index is 13.1. The highest BCUT2D eigenvalue weighted by atomic mass is 19.3. The van der Waals surface area contributed by atoms with Gasteiger partial charge in [-0.2, -0.15) is 9.97 Å². The van der Waals surface area contributed by atoms with Gasteiger partial charge in [-0.15, -0.1) is 0 Å². The zero-order valence-corrected chi connectivity index (χ0v) is 14.8. The molecule has 1 saturated carbocycles. The summed E-state index contributed by atoms with van der Waals surface area (Å²) in [5.41, 5.74) is 0.911. The summed E-state index contributed by atoms with van der Waals surface area (Å²) >= 11 is 0. The van der Waals surface area contributed by atoms with Crippen LogP contribution in [0.3, 0.4) is 0 Å². The van der Waals surface area contributed by atoms with Crippen LogP contribution in [0.25, 0.3) is 5.57 Å².